The van der Waals surface area contributed by atoms with Gasteiger partial charge >= 0.3 is 0 Å². The molecule has 0 aliphatic heterocycles. The number of nitrogens with two attached hydrogens (primary N) is 1. The molecule has 3 rings (SSSR count). The first-order chi connectivity index (χ1) is 12.1. The summed E-state index contributed by atoms with van der Waals surface area (Å²) in [6.45, 7) is 0.319. The molecule has 3 aromatic carbocycles. The molecule has 0 fully saturated rings. The summed E-state index contributed by atoms with van der Waals surface area (Å²) in [5.74, 6) is 5.45. The lowest BCUT2D eigenvalue weighted by Crippen LogP contribution is -2.30. The van der Waals surface area contributed by atoms with Crippen molar-refractivity contribution in [1.82, 2.24) is 5.43 Å². The zero-order valence-corrected chi connectivity index (χ0v) is 14.3. The number of rotatable bonds is 5. The van der Waals surface area contributed by atoms with E-state index in [-0.39, 0.29) is 5.02 Å². The monoisotopic (exact) mass is 356 g/mol. The van der Waals surface area contributed by atoms with Gasteiger partial charge in [0.1, 0.15) is 6.61 Å². The number of benzene rings is 3. The number of nitrogens with one attached hydrogen (secondary N) is 1. The Morgan fingerprint density at radius 3 is 2.68 bits per heavy atom. The van der Waals surface area contributed by atoms with E-state index in [9.17, 15) is 4.79 Å². The van der Waals surface area contributed by atoms with Crippen LogP contribution in [0.1, 0.15) is 15.9 Å². The van der Waals surface area contributed by atoms with Gasteiger partial charge in [-0.15, -0.1) is 0 Å². The third kappa shape index (κ3) is 3.52. The first kappa shape index (κ1) is 17.1. The molecule has 0 heterocycles. The molecule has 128 valence electrons. The molecule has 0 saturated heterocycles. The number of halogens is 1. The van der Waals surface area contributed by atoms with Crippen LogP contribution >= 0.6 is 11.6 Å². The molecular weight excluding hydrogens is 340 g/mol. The van der Waals surface area contributed by atoms with Gasteiger partial charge in [0, 0.05) is 5.56 Å². The minimum Gasteiger partial charge on any atom is -0.493 e. The van der Waals surface area contributed by atoms with Crippen LogP contribution in [0.25, 0.3) is 10.8 Å². The lowest BCUT2D eigenvalue weighted by atomic mass is 10.1. The molecule has 5 nitrogen and oxygen atoms in total. The van der Waals surface area contributed by atoms with Gasteiger partial charge in [0.25, 0.3) is 5.91 Å². The molecule has 3 N–H and O–H groups in total. The van der Waals surface area contributed by atoms with E-state index in [1.165, 1.54) is 19.2 Å². The van der Waals surface area contributed by atoms with Crippen molar-refractivity contribution < 1.29 is 14.3 Å². The lowest BCUT2D eigenvalue weighted by Gasteiger charge is -2.15. The van der Waals surface area contributed by atoms with E-state index < -0.39 is 5.91 Å². The maximum Gasteiger partial charge on any atom is 0.265 e. The Labute approximate surface area is 150 Å². The van der Waals surface area contributed by atoms with Gasteiger partial charge in [-0.25, -0.2) is 5.84 Å². The fraction of sp³-hybridized carbons (Fsp3) is 0.105. The van der Waals surface area contributed by atoms with Crippen LogP contribution in [0.15, 0.2) is 54.6 Å². The maximum atomic E-state index is 11.7. The predicted molar refractivity (Wildman–Crippen MR) is 97.9 cm³/mol. The van der Waals surface area contributed by atoms with Crippen LogP contribution in [0, 0.1) is 0 Å². The summed E-state index contributed by atoms with van der Waals surface area (Å²) in [6, 6.07) is 17.1. The van der Waals surface area contributed by atoms with Gasteiger partial charge in [0.2, 0.25) is 0 Å². The van der Waals surface area contributed by atoms with Crippen molar-refractivity contribution in [3.63, 3.8) is 0 Å². The first-order valence-corrected chi connectivity index (χ1v) is 7.99. The van der Waals surface area contributed by atoms with Crippen molar-refractivity contribution in [3.05, 3.63) is 70.7 Å². The molecular formula is C19H17ClN2O3. The summed E-state index contributed by atoms with van der Waals surface area (Å²) >= 11 is 6.27. The SMILES string of the molecule is COc1cc(C(=O)NN)cc(Cl)c1OCc1cccc2ccccc12. The highest BCUT2D eigenvalue weighted by Gasteiger charge is 2.16. The molecule has 0 saturated carbocycles. The van der Waals surface area contributed by atoms with E-state index in [0.717, 1.165) is 16.3 Å². The summed E-state index contributed by atoms with van der Waals surface area (Å²) in [6.07, 6.45) is 0. The topological polar surface area (TPSA) is 73.6 Å². The summed E-state index contributed by atoms with van der Waals surface area (Å²) in [5, 5.41) is 2.52. The summed E-state index contributed by atoms with van der Waals surface area (Å²) in [7, 11) is 1.49. The third-order valence-corrected chi connectivity index (χ3v) is 4.16. The van der Waals surface area contributed by atoms with Crippen LogP contribution in [-0.4, -0.2) is 13.0 Å². The number of hydrazine groups is 1. The number of methoxy groups -OCH3 is 1. The molecule has 0 bridgehead atoms. The zero-order valence-electron chi connectivity index (χ0n) is 13.6. The van der Waals surface area contributed by atoms with Crippen LogP contribution in [0.2, 0.25) is 5.02 Å². The first-order valence-electron chi connectivity index (χ1n) is 7.62. The second-order valence-corrected chi connectivity index (χ2v) is 5.80. The number of amides is 1. The Bertz CT molecular complexity index is 922. The van der Waals surface area contributed by atoms with Gasteiger partial charge in [-0.3, -0.25) is 10.2 Å². The largest absolute Gasteiger partial charge is 0.493 e. The quantitative estimate of drug-likeness (QED) is 0.415. The Balaban J connectivity index is 1.91. The average Bonchev–Trinajstić information content (AvgIpc) is 2.65. The molecule has 6 heteroatoms. The molecule has 0 radical (unpaired) electrons. The van der Waals surface area contributed by atoms with Crippen molar-refractivity contribution in [2.75, 3.05) is 7.11 Å². The van der Waals surface area contributed by atoms with Crippen LogP contribution in [0.5, 0.6) is 11.5 Å². The molecule has 25 heavy (non-hydrogen) atoms. The van der Waals surface area contributed by atoms with Crippen molar-refractivity contribution >= 4 is 28.3 Å². The van der Waals surface area contributed by atoms with Gasteiger partial charge in [0.15, 0.2) is 11.5 Å². The summed E-state index contributed by atoms with van der Waals surface area (Å²) < 4.78 is 11.2. The summed E-state index contributed by atoms with van der Waals surface area (Å²) in [5.41, 5.74) is 3.38. The van der Waals surface area contributed by atoms with E-state index in [2.05, 4.69) is 5.43 Å². The van der Waals surface area contributed by atoms with Gasteiger partial charge in [-0.2, -0.15) is 0 Å². The highest BCUT2D eigenvalue weighted by molar-refractivity contribution is 6.32. The second kappa shape index (κ2) is 7.42. The van der Waals surface area contributed by atoms with Crippen molar-refractivity contribution in [2.45, 2.75) is 6.61 Å². The fourth-order valence-corrected chi connectivity index (χ4v) is 2.91. The molecule has 0 unspecified atom stereocenters. The van der Waals surface area contributed by atoms with Crippen LogP contribution in [-0.2, 0) is 6.61 Å². The highest BCUT2D eigenvalue weighted by atomic mass is 35.5. The molecule has 0 aliphatic rings. The Kier molecular flexibility index (Phi) is 5.07. The number of nitrogen functional groups attached to an aromatic ring is 1. The standard InChI is InChI=1S/C19H17ClN2O3/c1-24-17-10-14(19(23)22-21)9-16(20)18(17)25-11-13-7-4-6-12-5-2-3-8-15(12)13/h2-10H,11,21H2,1H3,(H,22,23). The average molecular weight is 357 g/mol. The predicted octanol–water partition coefficient (Wildman–Crippen LogP) is 3.68. The normalized spacial score (nSPS) is 10.5. The lowest BCUT2D eigenvalue weighted by molar-refractivity contribution is 0.0953. The fourth-order valence-electron chi connectivity index (χ4n) is 2.64. The van der Waals surface area contributed by atoms with Gasteiger partial charge in [-0.05, 0) is 28.5 Å². The molecule has 0 spiro atoms. The number of ether oxygens (including phenoxy) is 2. The molecule has 3 aromatic rings. The molecule has 0 aliphatic carbocycles. The number of fused-ring (bicyclic) bond motifs is 1. The smallest absolute Gasteiger partial charge is 0.265 e. The number of carbonyl (C=O) groups excluding carboxylic acids is 1. The zero-order chi connectivity index (χ0) is 17.8. The van der Waals surface area contributed by atoms with Crippen molar-refractivity contribution in [3.8, 4) is 11.5 Å². The minimum atomic E-state index is -0.458. The maximum absolute atomic E-state index is 11.7. The third-order valence-electron chi connectivity index (χ3n) is 3.87. The van der Waals surface area contributed by atoms with Crippen LogP contribution in [0.4, 0.5) is 0 Å². The number of carbonyl (C=O) groups is 1. The van der Waals surface area contributed by atoms with E-state index in [4.69, 9.17) is 26.9 Å². The second-order valence-electron chi connectivity index (χ2n) is 5.39. The van der Waals surface area contributed by atoms with Crippen molar-refractivity contribution in [1.29, 1.82) is 0 Å². The Hall–Kier alpha value is -2.76. The Morgan fingerprint density at radius 1 is 1.16 bits per heavy atom. The molecule has 0 aromatic heterocycles. The minimum absolute atomic E-state index is 0.276. The number of hydrogen-bond donors (Lipinski definition) is 2. The van der Waals surface area contributed by atoms with E-state index in [1.54, 1.807) is 0 Å². The van der Waals surface area contributed by atoms with Crippen LogP contribution < -0.4 is 20.7 Å². The molecule has 0 atom stereocenters. The van der Waals surface area contributed by atoms with E-state index in [1.807, 2.05) is 42.5 Å². The van der Waals surface area contributed by atoms with Crippen molar-refractivity contribution in [2.24, 2.45) is 5.84 Å². The van der Waals surface area contributed by atoms with Crippen LogP contribution in [0.3, 0.4) is 0 Å². The Morgan fingerprint density at radius 2 is 1.92 bits per heavy atom. The molecule has 1 amide bonds. The van der Waals surface area contributed by atoms with Gasteiger partial charge in [0.05, 0.1) is 12.1 Å². The van der Waals surface area contributed by atoms with E-state index in [0.29, 0.717) is 23.7 Å². The van der Waals surface area contributed by atoms with E-state index >= 15 is 0 Å². The van der Waals surface area contributed by atoms with Gasteiger partial charge < -0.3 is 9.47 Å². The summed E-state index contributed by atoms with van der Waals surface area (Å²) in [4.78, 5) is 11.7. The number of hydrogen-bond acceptors (Lipinski definition) is 4. The van der Waals surface area contributed by atoms with Gasteiger partial charge in [-0.1, -0.05) is 54.1 Å². The highest BCUT2D eigenvalue weighted by Crippen LogP contribution is 2.37.